The molecule has 2 atom stereocenters. The lowest BCUT2D eigenvalue weighted by Gasteiger charge is -2.28. The van der Waals surface area contributed by atoms with E-state index in [0.717, 1.165) is 0 Å². The van der Waals surface area contributed by atoms with Crippen molar-refractivity contribution in [1.29, 1.82) is 0 Å². The van der Waals surface area contributed by atoms with Gasteiger partial charge in [-0.2, -0.15) is 0 Å². The number of hydrogen-bond donors (Lipinski definition) is 2. The number of carboxylic acid groups (broad SMARTS) is 1. The van der Waals surface area contributed by atoms with Crippen molar-refractivity contribution in [2.75, 3.05) is 0 Å². The second-order valence-corrected chi connectivity index (χ2v) is 8.69. The van der Waals surface area contributed by atoms with Gasteiger partial charge in [0.05, 0.1) is 12.5 Å². The first-order chi connectivity index (χ1) is 9.52. The number of carbonyl (C=O) groups is 1. The van der Waals surface area contributed by atoms with Crippen molar-refractivity contribution >= 4 is 33.3 Å². The molecule has 0 aliphatic carbocycles. The molecule has 0 fully saturated rings. The third-order valence-electron chi connectivity index (χ3n) is 2.81. The van der Waals surface area contributed by atoms with Crippen molar-refractivity contribution in [3.63, 3.8) is 0 Å². The molecule has 1 rings (SSSR count). The topological polar surface area (TPSA) is 72.4 Å². The van der Waals surface area contributed by atoms with Crippen LogP contribution in [0.1, 0.15) is 44.4 Å². The summed E-state index contributed by atoms with van der Waals surface area (Å²) in [5.74, 6) is -1.57. The molecule has 0 bridgehead atoms. The molecule has 1 aromatic carbocycles. The lowest BCUT2D eigenvalue weighted by molar-refractivity contribution is -0.137. The summed E-state index contributed by atoms with van der Waals surface area (Å²) in [6.07, 6.45) is -0.353. The number of nitrogens with one attached hydrogen (secondary N) is 1. The fraction of sp³-hybridized carbons (Fsp3) is 0.500. The van der Waals surface area contributed by atoms with Gasteiger partial charge in [-0.05, 0) is 45.4 Å². The van der Waals surface area contributed by atoms with Crippen molar-refractivity contribution < 1.29 is 18.8 Å². The Labute approximate surface area is 135 Å². The van der Waals surface area contributed by atoms with Gasteiger partial charge in [-0.3, -0.25) is 4.79 Å². The van der Waals surface area contributed by atoms with Gasteiger partial charge < -0.3 is 9.66 Å². The van der Waals surface area contributed by atoms with E-state index < -0.39 is 33.9 Å². The van der Waals surface area contributed by atoms with Crippen LogP contribution in [-0.4, -0.2) is 20.4 Å². The molecule has 4 nitrogen and oxygen atoms in total. The van der Waals surface area contributed by atoms with Crippen LogP contribution in [0.2, 0.25) is 0 Å². The van der Waals surface area contributed by atoms with E-state index >= 15 is 0 Å². The molecule has 21 heavy (non-hydrogen) atoms. The lowest BCUT2D eigenvalue weighted by Crippen LogP contribution is -2.42. The average Bonchev–Trinajstić information content (AvgIpc) is 2.31. The highest BCUT2D eigenvalue weighted by molar-refractivity contribution is 9.10. The Kier molecular flexibility index (Phi) is 6.22. The zero-order valence-electron chi connectivity index (χ0n) is 12.4. The minimum atomic E-state index is -1.50. The van der Waals surface area contributed by atoms with E-state index in [1.807, 2.05) is 0 Å². The molecule has 118 valence electrons. The van der Waals surface area contributed by atoms with Gasteiger partial charge in [0.15, 0.2) is 0 Å². The molecule has 7 heteroatoms. The number of halogens is 2. The van der Waals surface area contributed by atoms with Crippen LogP contribution in [0.15, 0.2) is 16.6 Å². The number of rotatable bonds is 5. The molecular weight excluding hydrogens is 361 g/mol. The molecule has 2 N–H and O–H groups in total. The van der Waals surface area contributed by atoms with Gasteiger partial charge in [0.25, 0.3) is 0 Å². The molecule has 0 spiro atoms. The van der Waals surface area contributed by atoms with Gasteiger partial charge in [0.1, 0.15) is 10.6 Å². The number of carboxylic acids is 1. The molecule has 0 heterocycles. The smallest absolute Gasteiger partial charge is 0.305 e. The van der Waals surface area contributed by atoms with Crippen molar-refractivity contribution in [3.8, 4) is 0 Å². The summed E-state index contributed by atoms with van der Waals surface area (Å²) in [4.78, 5) is 11.0. The van der Waals surface area contributed by atoms with E-state index in [1.165, 1.54) is 6.07 Å². The van der Waals surface area contributed by atoms with Crippen LogP contribution in [0.5, 0.6) is 0 Å². The van der Waals surface area contributed by atoms with Gasteiger partial charge in [-0.25, -0.2) is 4.39 Å². The average molecular weight is 380 g/mol. The molecule has 1 aromatic rings. The van der Waals surface area contributed by atoms with Crippen LogP contribution < -0.4 is 4.72 Å². The summed E-state index contributed by atoms with van der Waals surface area (Å²) >= 11 is 1.77. The van der Waals surface area contributed by atoms with Gasteiger partial charge in [0.2, 0.25) is 0 Å². The summed E-state index contributed by atoms with van der Waals surface area (Å²) in [6.45, 7) is 6.88. The molecule has 0 aliphatic heterocycles. The summed E-state index contributed by atoms with van der Waals surface area (Å²) in [5.41, 5.74) is 0.597. The first-order valence-corrected chi connectivity index (χ1v) is 8.32. The van der Waals surface area contributed by atoms with Crippen LogP contribution >= 0.6 is 15.9 Å². The van der Waals surface area contributed by atoms with Crippen LogP contribution in [-0.2, 0) is 16.2 Å². The van der Waals surface area contributed by atoms with Gasteiger partial charge in [0, 0.05) is 21.4 Å². The van der Waals surface area contributed by atoms with Crippen molar-refractivity contribution in [1.82, 2.24) is 4.72 Å². The zero-order valence-corrected chi connectivity index (χ0v) is 14.8. The van der Waals surface area contributed by atoms with E-state index in [0.29, 0.717) is 10.0 Å². The molecule has 0 amide bonds. The number of hydrogen-bond acceptors (Lipinski definition) is 3. The molecule has 0 radical (unpaired) electrons. The second-order valence-electron chi connectivity index (χ2n) is 5.78. The van der Waals surface area contributed by atoms with Crippen LogP contribution in [0.3, 0.4) is 0 Å². The maximum atomic E-state index is 14.3. The van der Waals surface area contributed by atoms with E-state index in [9.17, 15) is 13.7 Å². The molecule has 0 aliphatic rings. The van der Waals surface area contributed by atoms with Crippen molar-refractivity contribution in [3.05, 3.63) is 33.5 Å². The molecule has 2 unspecified atom stereocenters. The molecule has 0 aromatic heterocycles. The third-order valence-corrected chi connectivity index (χ3v) is 4.88. The van der Waals surface area contributed by atoms with Crippen molar-refractivity contribution in [2.24, 2.45) is 0 Å². The minimum absolute atomic E-state index is 0.196. The normalized spacial score (nSPS) is 14.8. The number of benzene rings is 1. The van der Waals surface area contributed by atoms with E-state index in [2.05, 4.69) is 20.7 Å². The molecule has 0 saturated heterocycles. The largest absolute Gasteiger partial charge is 0.598 e. The maximum Gasteiger partial charge on any atom is 0.305 e. The van der Waals surface area contributed by atoms with Crippen molar-refractivity contribution in [2.45, 2.75) is 44.9 Å². The SMILES string of the molecule is Cc1cc(Br)cc(C(CC(=O)O)N[S+]([O-])C(C)(C)C)c1F. The Bertz CT molecular complexity index is 534. The van der Waals surface area contributed by atoms with Crippen LogP contribution in [0, 0.1) is 12.7 Å². The molecular formula is C14H19BrFNO3S. The van der Waals surface area contributed by atoms with Crippen LogP contribution in [0.25, 0.3) is 0 Å². The predicted molar refractivity (Wildman–Crippen MR) is 84.9 cm³/mol. The highest BCUT2D eigenvalue weighted by Gasteiger charge is 2.32. The Morgan fingerprint density at radius 2 is 2.10 bits per heavy atom. The lowest BCUT2D eigenvalue weighted by atomic mass is 10.0. The quantitative estimate of drug-likeness (QED) is 0.768. The van der Waals surface area contributed by atoms with E-state index in [1.54, 1.807) is 33.8 Å². The summed E-state index contributed by atoms with van der Waals surface area (Å²) < 4.78 is 29.3. The summed E-state index contributed by atoms with van der Waals surface area (Å²) in [5, 5.41) is 9.02. The van der Waals surface area contributed by atoms with E-state index in [4.69, 9.17) is 5.11 Å². The summed E-state index contributed by atoms with van der Waals surface area (Å²) in [7, 11) is 0. The molecule has 0 saturated carbocycles. The monoisotopic (exact) mass is 379 g/mol. The Morgan fingerprint density at radius 1 is 1.52 bits per heavy atom. The summed E-state index contributed by atoms with van der Waals surface area (Å²) in [6, 6.07) is 2.26. The highest BCUT2D eigenvalue weighted by Crippen LogP contribution is 2.29. The minimum Gasteiger partial charge on any atom is -0.598 e. The predicted octanol–water partition coefficient (Wildman–Crippen LogP) is 3.46. The Hall–Kier alpha value is -0.630. The fourth-order valence-corrected chi connectivity index (χ4v) is 3.11. The van der Waals surface area contributed by atoms with Gasteiger partial charge in [-0.1, -0.05) is 15.9 Å². The van der Waals surface area contributed by atoms with E-state index in [-0.39, 0.29) is 12.0 Å². The first kappa shape index (κ1) is 18.4. The van der Waals surface area contributed by atoms with Gasteiger partial charge in [-0.15, -0.1) is 4.72 Å². The first-order valence-electron chi connectivity index (χ1n) is 6.37. The Morgan fingerprint density at radius 3 is 2.57 bits per heavy atom. The Balaban J connectivity index is 3.17. The zero-order chi connectivity index (χ0) is 16.4. The number of aryl methyl sites for hydroxylation is 1. The standard InChI is InChI=1S/C14H19BrFNO3S/c1-8-5-9(15)6-10(13(8)16)11(7-12(18)19)17-21(20)14(2,3)4/h5-6,11,17H,7H2,1-4H3,(H,18,19). The maximum absolute atomic E-state index is 14.3. The number of aliphatic carboxylic acids is 1. The fourth-order valence-electron chi connectivity index (χ4n) is 1.70. The third kappa shape index (κ3) is 5.25. The second kappa shape index (κ2) is 7.09. The van der Waals surface area contributed by atoms with Gasteiger partial charge >= 0.3 is 5.97 Å². The highest BCUT2D eigenvalue weighted by atomic mass is 79.9. The van der Waals surface area contributed by atoms with Crippen LogP contribution in [0.4, 0.5) is 4.39 Å².